The lowest BCUT2D eigenvalue weighted by atomic mass is 9.92. The molecule has 1 atom stereocenters. The lowest BCUT2D eigenvalue weighted by Gasteiger charge is -2.28. The molecule has 22 heavy (non-hydrogen) atoms. The molecule has 3 rings (SSSR count). The van der Waals surface area contributed by atoms with E-state index in [0.29, 0.717) is 31.0 Å². The van der Waals surface area contributed by atoms with Crippen LogP contribution < -0.4 is 0 Å². The molecular formula is C17H20N2O3. The number of aromatic nitrogens is 1. The van der Waals surface area contributed by atoms with Gasteiger partial charge in [-0.15, -0.1) is 0 Å². The Morgan fingerprint density at radius 3 is 2.77 bits per heavy atom. The van der Waals surface area contributed by atoms with Crippen molar-refractivity contribution in [3.8, 4) is 0 Å². The van der Waals surface area contributed by atoms with Crippen molar-refractivity contribution in [2.24, 2.45) is 5.92 Å². The van der Waals surface area contributed by atoms with E-state index in [2.05, 4.69) is 18.8 Å². The van der Waals surface area contributed by atoms with E-state index in [0.717, 1.165) is 17.5 Å². The zero-order valence-corrected chi connectivity index (χ0v) is 13.0. The normalized spacial score (nSPS) is 21.7. The first-order valence-electron chi connectivity index (χ1n) is 7.79. The molecule has 0 radical (unpaired) electrons. The number of hydrogen-bond donors (Lipinski definition) is 0. The van der Waals surface area contributed by atoms with Crippen molar-refractivity contribution in [2.45, 2.75) is 52.1 Å². The molecule has 116 valence electrons. The number of carbonyl (C=O) groups is 3. The highest BCUT2D eigenvalue weighted by Gasteiger charge is 2.39. The number of fused-ring (bicyclic) bond motifs is 1. The monoisotopic (exact) mass is 300 g/mol. The smallest absolute Gasteiger partial charge is 0.273 e. The van der Waals surface area contributed by atoms with Gasteiger partial charge in [-0.2, -0.15) is 0 Å². The molecule has 0 N–H and O–H groups in total. The fourth-order valence-corrected chi connectivity index (χ4v) is 3.29. The number of ketones is 2. The average Bonchev–Trinajstić information content (AvgIpc) is 2.75. The third-order valence-corrected chi connectivity index (χ3v) is 4.29. The van der Waals surface area contributed by atoms with E-state index >= 15 is 0 Å². The fraction of sp³-hybridized carbons (Fsp3) is 0.529. The molecule has 1 aliphatic heterocycles. The van der Waals surface area contributed by atoms with Crippen LogP contribution >= 0.6 is 0 Å². The van der Waals surface area contributed by atoms with E-state index < -0.39 is 6.04 Å². The van der Waals surface area contributed by atoms with Crippen LogP contribution in [0.4, 0.5) is 0 Å². The third-order valence-electron chi connectivity index (χ3n) is 4.29. The lowest BCUT2D eigenvalue weighted by Crippen LogP contribution is -2.44. The molecule has 1 amide bonds. The van der Waals surface area contributed by atoms with Gasteiger partial charge in [-0.25, -0.2) is 0 Å². The Hall–Kier alpha value is -2.04. The van der Waals surface area contributed by atoms with Crippen molar-refractivity contribution in [2.75, 3.05) is 0 Å². The molecule has 0 bridgehead atoms. The van der Waals surface area contributed by atoms with Gasteiger partial charge in [0.15, 0.2) is 5.78 Å². The van der Waals surface area contributed by atoms with Crippen LogP contribution in [-0.4, -0.2) is 33.4 Å². The van der Waals surface area contributed by atoms with E-state index in [1.165, 1.54) is 0 Å². The summed E-state index contributed by atoms with van der Waals surface area (Å²) < 4.78 is 0. The van der Waals surface area contributed by atoms with E-state index in [1.54, 1.807) is 11.1 Å². The van der Waals surface area contributed by atoms with Gasteiger partial charge in [0, 0.05) is 24.7 Å². The zero-order valence-electron chi connectivity index (χ0n) is 13.0. The molecule has 1 unspecified atom stereocenters. The van der Waals surface area contributed by atoms with Gasteiger partial charge < -0.3 is 4.90 Å². The second kappa shape index (κ2) is 5.63. The van der Waals surface area contributed by atoms with Crippen molar-refractivity contribution in [1.29, 1.82) is 0 Å². The first-order chi connectivity index (χ1) is 10.5. The largest absolute Gasteiger partial charge is 0.323 e. The second-order valence-corrected chi connectivity index (χ2v) is 6.62. The molecule has 0 saturated heterocycles. The number of rotatable bonds is 3. The predicted octanol–water partition coefficient (Wildman–Crippen LogP) is 1.93. The van der Waals surface area contributed by atoms with Gasteiger partial charge >= 0.3 is 0 Å². The summed E-state index contributed by atoms with van der Waals surface area (Å²) in [5, 5.41) is 0. The minimum atomic E-state index is -0.465. The zero-order chi connectivity index (χ0) is 15.9. The van der Waals surface area contributed by atoms with Crippen molar-refractivity contribution >= 4 is 17.5 Å². The van der Waals surface area contributed by atoms with Crippen molar-refractivity contribution in [3.05, 3.63) is 29.1 Å². The molecule has 2 aliphatic rings. The van der Waals surface area contributed by atoms with Crippen molar-refractivity contribution in [1.82, 2.24) is 9.88 Å². The van der Waals surface area contributed by atoms with Crippen LogP contribution in [0.1, 0.15) is 54.7 Å². The van der Waals surface area contributed by atoms with Gasteiger partial charge in [-0.3, -0.25) is 19.4 Å². The molecule has 1 aromatic heterocycles. The Morgan fingerprint density at radius 1 is 1.32 bits per heavy atom. The summed E-state index contributed by atoms with van der Waals surface area (Å²) in [5.74, 6) is 0.181. The number of Topliss-reactive ketones (excluding diaryl/α,β-unsaturated/α-hetero) is 2. The Balaban J connectivity index is 1.81. The summed E-state index contributed by atoms with van der Waals surface area (Å²) in [5.41, 5.74) is 2.47. The number of amides is 1. The van der Waals surface area contributed by atoms with Gasteiger partial charge in [0.05, 0.1) is 12.5 Å². The van der Waals surface area contributed by atoms with Crippen LogP contribution in [0, 0.1) is 5.92 Å². The summed E-state index contributed by atoms with van der Waals surface area (Å²) in [7, 11) is 0. The van der Waals surface area contributed by atoms with Gasteiger partial charge in [0.1, 0.15) is 11.5 Å². The average molecular weight is 300 g/mol. The molecule has 5 nitrogen and oxygen atoms in total. The van der Waals surface area contributed by atoms with Crippen molar-refractivity contribution < 1.29 is 14.4 Å². The summed E-state index contributed by atoms with van der Waals surface area (Å²) in [6.07, 6.45) is 3.45. The Kier molecular flexibility index (Phi) is 3.81. The first-order valence-corrected chi connectivity index (χ1v) is 7.79. The lowest BCUT2D eigenvalue weighted by molar-refractivity contribution is -0.133. The molecular weight excluding hydrogens is 280 g/mol. The summed E-state index contributed by atoms with van der Waals surface area (Å²) >= 11 is 0. The molecule has 1 aliphatic carbocycles. The van der Waals surface area contributed by atoms with E-state index in [4.69, 9.17) is 0 Å². The van der Waals surface area contributed by atoms with Crippen LogP contribution in [-0.2, 0) is 22.6 Å². The predicted molar refractivity (Wildman–Crippen MR) is 80.3 cm³/mol. The fourth-order valence-electron chi connectivity index (χ4n) is 3.29. The van der Waals surface area contributed by atoms with E-state index in [1.807, 2.05) is 6.07 Å². The third kappa shape index (κ3) is 2.67. The maximum absolute atomic E-state index is 12.5. The van der Waals surface area contributed by atoms with Gasteiger partial charge in [0.2, 0.25) is 0 Å². The molecule has 1 aromatic rings. The maximum atomic E-state index is 12.5. The van der Waals surface area contributed by atoms with E-state index in [-0.39, 0.29) is 23.9 Å². The Morgan fingerprint density at radius 2 is 2.09 bits per heavy atom. The van der Waals surface area contributed by atoms with Gasteiger partial charge in [0.25, 0.3) is 5.91 Å². The minimum absolute atomic E-state index is 0.0252. The Bertz CT molecular complexity index is 651. The number of hydrogen-bond acceptors (Lipinski definition) is 4. The highest BCUT2D eigenvalue weighted by Crippen LogP contribution is 2.28. The minimum Gasteiger partial charge on any atom is -0.323 e. The summed E-state index contributed by atoms with van der Waals surface area (Å²) in [6, 6.07) is 1.56. The van der Waals surface area contributed by atoms with E-state index in [9.17, 15) is 14.4 Å². The molecule has 0 spiro atoms. The second-order valence-electron chi connectivity index (χ2n) is 6.62. The quantitative estimate of drug-likeness (QED) is 0.800. The topological polar surface area (TPSA) is 67.3 Å². The Labute approximate surface area is 129 Å². The molecule has 5 heteroatoms. The van der Waals surface area contributed by atoms with Crippen molar-refractivity contribution in [3.63, 3.8) is 0 Å². The molecule has 1 fully saturated rings. The highest BCUT2D eigenvalue weighted by atomic mass is 16.2. The molecule has 0 aromatic carbocycles. The number of nitrogens with zero attached hydrogens (tertiary/aromatic N) is 2. The maximum Gasteiger partial charge on any atom is 0.273 e. The van der Waals surface area contributed by atoms with Crippen LogP contribution in [0.15, 0.2) is 12.3 Å². The molecule has 1 saturated carbocycles. The summed E-state index contributed by atoms with van der Waals surface area (Å²) in [6.45, 7) is 4.71. The SMILES string of the molecule is CC(C)Cc1cnc2c(c1)CN(C1CCC(=O)CC1=O)C2=O. The first kappa shape index (κ1) is 14.9. The van der Waals surface area contributed by atoms with Gasteiger partial charge in [-0.05, 0) is 24.3 Å². The van der Waals surface area contributed by atoms with Crippen LogP contribution in [0.5, 0.6) is 0 Å². The van der Waals surface area contributed by atoms with Gasteiger partial charge in [-0.1, -0.05) is 19.9 Å². The van der Waals surface area contributed by atoms with Crippen LogP contribution in [0.25, 0.3) is 0 Å². The van der Waals surface area contributed by atoms with Crippen LogP contribution in [0.3, 0.4) is 0 Å². The molecule has 2 heterocycles. The standard InChI is InChI=1S/C17H20N2O3/c1-10(2)5-11-6-12-9-19(17(22)16(12)18-8-11)14-4-3-13(20)7-15(14)21/h6,8,10,14H,3-5,7,9H2,1-2H3. The number of carbonyl (C=O) groups excluding carboxylic acids is 3. The number of pyridine rings is 1. The van der Waals surface area contributed by atoms with Crippen LogP contribution in [0.2, 0.25) is 0 Å². The highest BCUT2D eigenvalue weighted by molar-refractivity contribution is 6.07. The summed E-state index contributed by atoms with van der Waals surface area (Å²) in [4.78, 5) is 41.8.